The van der Waals surface area contributed by atoms with Crippen molar-refractivity contribution in [3.8, 4) is 11.9 Å². The molecule has 4 heteroatoms. The Hall–Kier alpha value is -1.21. The minimum absolute atomic E-state index is 0.437. The molecule has 0 unspecified atom stereocenters. The van der Waals surface area contributed by atoms with E-state index in [0.717, 1.165) is 0 Å². The molecule has 3 nitrogen and oxygen atoms in total. The quantitative estimate of drug-likeness (QED) is 0.639. The van der Waals surface area contributed by atoms with Gasteiger partial charge in [0.1, 0.15) is 6.07 Å². The number of hydrogen-bond acceptors (Lipinski definition) is 4. The summed E-state index contributed by atoms with van der Waals surface area (Å²) in [6, 6.07) is 3.56. The fourth-order valence-corrected chi connectivity index (χ4v) is 0.947. The average Bonchev–Trinajstić information content (AvgIpc) is 2.04. The van der Waals surface area contributed by atoms with Gasteiger partial charge in [0, 0.05) is 6.20 Å². The number of pyridine rings is 1. The van der Waals surface area contributed by atoms with Crippen molar-refractivity contribution < 1.29 is 4.74 Å². The molecule has 0 saturated heterocycles. The van der Waals surface area contributed by atoms with Gasteiger partial charge in [-0.15, -0.1) is 12.6 Å². The molecule has 0 radical (unpaired) electrons. The van der Waals surface area contributed by atoms with E-state index in [1.165, 1.54) is 13.3 Å². The van der Waals surface area contributed by atoms with Crippen LogP contribution in [0.15, 0.2) is 17.2 Å². The summed E-state index contributed by atoms with van der Waals surface area (Å²) in [6.45, 7) is 0. The molecule has 0 aliphatic rings. The maximum Gasteiger partial charge on any atom is 0.226 e. The van der Waals surface area contributed by atoms with Crippen molar-refractivity contribution in [1.29, 1.82) is 5.26 Å². The molecule has 0 N–H and O–H groups in total. The van der Waals surface area contributed by atoms with E-state index in [2.05, 4.69) is 17.6 Å². The molecule has 0 aromatic carbocycles. The first-order chi connectivity index (χ1) is 5.27. The first-order valence-corrected chi connectivity index (χ1v) is 3.35. The molecule has 56 valence electrons. The molecule has 1 aromatic heterocycles. The zero-order valence-electron chi connectivity index (χ0n) is 5.90. The first kappa shape index (κ1) is 7.89. The number of thiol groups is 1. The van der Waals surface area contributed by atoms with Crippen molar-refractivity contribution in [2.75, 3.05) is 7.11 Å². The minimum atomic E-state index is 0.437. The molecule has 0 aliphatic carbocycles. The first-order valence-electron chi connectivity index (χ1n) is 2.91. The van der Waals surface area contributed by atoms with Crippen molar-refractivity contribution in [3.63, 3.8) is 0 Å². The summed E-state index contributed by atoms with van der Waals surface area (Å²) in [6.07, 6.45) is 1.44. The van der Waals surface area contributed by atoms with Crippen LogP contribution in [-0.4, -0.2) is 12.1 Å². The second kappa shape index (κ2) is 3.26. The molecular formula is C7H6N2OS. The van der Waals surface area contributed by atoms with E-state index in [9.17, 15) is 0 Å². The largest absolute Gasteiger partial charge is 0.480 e. The third kappa shape index (κ3) is 1.63. The van der Waals surface area contributed by atoms with Gasteiger partial charge in [-0.05, 0) is 6.07 Å². The van der Waals surface area contributed by atoms with Crippen LogP contribution in [-0.2, 0) is 0 Å². The van der Waals surface area contributed by atoms with Crippen LogP contribution >= 0.6 is 12.6 Å². The van der Waals surface area contributed by atoms with Crippen LogP contribution in [0.25, 0.3) is 0 Å². The third-order valence-electron chi connectivity index (χ3n) is 1.15. The molecule has 0 amide bonds. The van der Waals surface area contributed by atoms with Gasteiger partial charge in [-0.25, -0.2) is 4.98 Å². The molecule has 0 bridgehead atoms. The number of nitriles is 1. The summed E-state index contributed by atoms with van der Waals surface area (Å²) in [5.41, 5.74) is 0.482. The number of rotatable bonds is 1. The molecule has 0 atom stereocenters. The molecule has 1 rings (SSSR count). The highest BCUT2D eigenvalue weighted by Gasteiger charge is 2.00. The van der Waals surface area contributed by atoms with Crippen molar-refractivity contribution >= 4 is 12.6 Å². The van der Waals surface area contributed by atoms with Crippen molar-refractivity contribution in [1.82, 2.24) is 4.98 Å². The fourth-order valence-electron chi connectivity index (χ4n) is 0.659. The Morgan fingerprint density at radius 3 is 2.91 bits per heavy atom. The van der Waals surface area contributed by atoms with Gasteiger partial charge < -0.3 is 4.74 Å². The van der Waals surface area contributed by atoms with E-state index >= 15 is 0 Å². The SMILES string of the molecule is COc1ncc(C#N)cc1S. The Balaban J connectivity index is 3.12. The second-order valence-electron chi connectivity index (χ2n) is 1.86. The maximum absolute atomic E-state index is 8.46. The van der Waals surface area contributed by atoms with Crippen LogP contribution < -0.4 is 4.74 Å². The van der Waals surface area contributed by atoms with Gasteiger partial charge in [-0.1, -0.05) is 0 Å². The highest BCUT2D eigenvalue weighted by atomic mass is 32.1. The number of ether oxygens (including phenoxy) is 1. The molecular weight excluding hydrogens is 160 g/mol. The van der Waals surface area contributed by atoms with Gasteiger partial charge >= 0.3 is 0 Å². The zero-order chi connectivity index (χ0) is 8.27. The molecule has 1 heterocycles. The van der Waals surface area contributed by atoms with Crippen LogP contribution in [0, 0.1) is 11.3 Å². The van der Waals surface area contributed by atoms with Crippen LogP contribution in [0.2, 0.25) is 0 Å². The lowest BCUT2D eigenvalue weighted by Crippen LogP contribution is -1.89. The molecule has 0 saturated carbocycles. The Morgan fingerprint density at radius 1 is 1.73 bits per heavy atom. The Morgan fingerprint density at radius 2 is 2.45 bits per heavy atom. The van der Waals surface area contributed by atoms with E-state index in [1.54, 1.807) is 6.07 Å². The van der Waals surface area contributed by atoms with Gasteiger partial charge in [0.15, 0.2) is 0 Å². The van der Waals surface area contributed by atoms with Gasteiger partial charge in [-0.3, -0.25) is 0 Å². The van der Waals surface area contributed by atoms with Crippen LogP contribution in [0.4, 0.5) is 0 Å². The molecule has 0 spiro atoms. The molecule has 0 fully saturated rings. The zero-order valence-corrected chi connectivity index (χ0v) is 6.80. The lowest BCUT2D eigenvalue weighted by Gasteiger charge is -2.00. The van der Waals surface area contributed by atoms with E-state index in [-0.39, 0.29) is 0 Å². The van der Waals surface area contributed by atoms with Crippen LogP contribution in [0.5, 0.6) is 5.88 Å². The summed E-state index contributed by atoms with van der Waals surface area (Å²) in [4.78, 5) is 4.42. The topological polar surface area (TPSA) is 45.9 Å². The van der Waals surface area contributed by atoms with Gasteiger partial charge in [0.25, 0.3) is 0 Å². The number of aromatic nitrogens is 1. The summed E-state index contributed by atoms with van der Waals surface area (Å²) in [5.74, 6) is 0.437. The number of hydrogen-bond donors (Lipinski definition) is 1. The van der Waals surface area contributed by atoms with Gasteiger partial charge in [0.2, 0.25) is 5.88 Å². The summed E-state index contributed by atoms with van der Waals surface area (Å²) < 4.78 is 4.85. The monoisotopic (exact) mass is 166 g/mol. The summed E-state index contributed by atoms with van der Waals surface area (Å²) in [7, 11) is 1.51. The summed E-state index contributed by atoms with van der Waals surface area (Å²) >= 11 is 4.06. The smallest absolute Gasteiger partial charge is 0.226 e. The predicted octanol–water partition coefficient (Wildman–Crippen LogP) is 1.25. The standard InChI is InChI=1S/C7H6N2OS/c1-10-7-6(11)2-5(3-8)4-9-7/h2,4,11H,1H3. The van der Waals surface area contributed by atoms with E-state index < -0.39 is 0 Å². The van der Waals surface area contributed by atoms with E-state index in [4.69, 9.17) is 10.00 Å². The Bertz CT molecular complexity index is 306. The maximum atomic E-state index is 8.46. The van der Waals surface area contributed by atoms with Crippen molar-refractivity contribution in [2.45, 2.75) is 4.90 Å². The molecule has 0 aliphatic heterocycles. The average molecular weight is 166 g/mol. The Labute approximate surface area is 70.0 Å². The fraction of sp³-hybridized carbons (Fsp3) is 0.143. The highest BCUT2D eigenvalue weighted by Crippen LogP contribution is 2.18. The van der Waals surface area contributed by atoms with Crippen LogP contribution in [0.3, 0.4) is 0 Å². The lowest BCUT2D eigenvalue weighted by atomic mass is 10.3. The number of methoxy groups -OCH3 is 1. The van der Waals surface area contributed by atoms with E-state index in [1.807, 2.05) is 6.07 Å². The summed E-state index contributed by atoms with van der Waals surface area (Å²) in [5, 5.41) is 8.46. The highest BCUT2D eigenvalue weighted by molar-refractivity contribution is 7.80. The van der Waals surface area contributed by atoms with E-state index in [0.29, 0.717) is 16.3 Å². The Kier molecular flexibility index (Phi) is 2.34. The molecule has 11 heavy (non-hydrogen) atoms. The minimum Gasteiger partial charge on any atom is -0.480 e. The number of nitrogens with zero attached hydrogens (tertiary/aromatic N) is 2. The van der Waals surface area contributed by atoms with Crippen molar-refractivity contribution in [2.24, 2.45) is 0 Å². The van der Waals surface area contributed by atoms with Gasteiger partial charge in [-0.2, -0.15) is 5.26 Å². The predicted molar refractivity (Wildman–Crippen MR) is 42.8 cm³/mol. The normalized spacial score (nSPS) is 8.82. The van der Waals surface area contributed by atoms with Crippen LogP contribution in [0.1, 0.15) is 5.56 Å². The second-order valence-corrected chi connectivity index (χ2v) is 2.35. The van der Waals surface area contributed by atoms with Crippen molar-refractivity contribution in [3.05, 3.63) is 17.8 Å². The molecule has 1 aromatic rings. The van der Waals surface area contributed by atoms with Gasteiger partial charge in [0.05, 0.1) is 17.6 Å². The third-order valence-corrected chi connectivity index (χ3v) is 1.48. The lowest BCUT2D eigenvalue weighted by molar-refractivity contribution is 0.387.